The van der Waals surface area contributed by atoms with E-state index in [1.807, 2.05) is 0 Å². The molecule has 0 amide bonds. The summed E-state index contributed by atoms with van der Waals surface area (Å²) in [6.07, 6.45) is -2.82. The van der Waals surface area contributed by atoms with Gasteiger partial charge in [-0.15, -0.1) is 0 Å². The van der Waals surface area contributed by atoms with Crippen molar-refractivity contribution in [3.63, 3.8) is 0 Å². The number of hydrogen-bond acceptors (Lipinski definition) is 4. The lowest BCUT2D eigenvalue weighted by atomic mass is 10.0. The first kappa shape index (κ1) is 12.0. The van der Waals surface area contributed by atoms with Crippen LogP contribution in [-0.4, -0.2) is 8.75 Å². The second-order valence-electron chi connectivity index (χ2n) is 3.43. The van der Waals surface area contributed by atoms with Crippen LogP contribution < -0.4 is 5.73 Å². The highest BCUT2D eigenvalue weighted by molar-refractivity contribution is 6.99. The van der Waals surface area contributed by atoms with Gasteiger partial charge < -0.3 is 5.73 Å². The third-order valence-electron chi connectivity index (χ3n) is 2.29. The molecule has 1 unspecified atom stereocenters. The van der Waals surface area contributed by atoms with Crippen molar-refractivity contribution in [3.8, 4) is 0 Å². The van der Waals surface area contributed by atoms with Gasteiger partial charge in [0.15, 0.2) is 0 Å². The highest BCUT2D eigenvalue weighted by atomic mass is 32.1. The highest BCUT2D eigenvalue weighted by Crippen LogP contribution is 2.30. The average molecular weight is 259 g/mol. The second-order valence-corrected chi connectivity index (χ2v) is 3.99. The third kappa shape index (κ3) is 2.62. The van der Waals surface area contributed by atoms with Crippen molar-refractivity contribution >= 4 is 11.7 Å². The Morgan fingerprint density at radius 3 is 2.29 bits per heavy atom. The average Bonchev–Trinajstić information content (AvgIpc) is 2.80. The summed E-state index contributed by atoms with van der Waals surface area (Å²) in [6.45, 7) is 0. The minimum absolute atomic E-state index is 0.545. The monoisotopic (exact) mass is 259 g/mol. The molecule has 1 heterocycles. The number of aromatic nitrogens is 2. The van der Waals surface area contributed by atoms with Crippen LogP contribution in [-0.2, 0) is 6.18 Å². The van der Waals surface area contributed by atoms with E-state index >= 15 is 0 Å². The largest absolute Gasteiger partial charge is 0.416 e. The molecule has 0 saturated heterocycles. The molecule has 0 spiro atoms. The molecule has 2 N–H and O–H groups in total. The second kappa shape index (κ2) is 4.42. The van der Waals surface area contributed by atoms with Crippen molar-refractivity contribution in [3.05, 3.63) is 47.3 Å². The molecule has 1 atom stereocenters. The van der Waals surface area contributed by atoms with Crippen molar-refractivity contribution in [1.82, 2.24) is 8.75 Å². The van der Waals surface area contributed by atoms with Crippen molar-refractivity contribution in [2.45, 2.75) is 12.2 Å². The van der Waals surface area contributed by atoms with Gasteiger partial charge >= 0.3 is 6.18 Å². The molecule has 0 aliphatic rings. The molecule has 7 heteroatoms. The van der Waals surface area contributed by atoms with Crippen molar-refractivity contribution in [2.75, 3.05) is 0 Å². The predicted octanol–water partition coefficient (Wildman–Crippen LogP) is 2.61. The Bertz CT molecular complexity index is 478. The van der Waals surface area contributed by atoms with Crippen molar-refractivity contribution in [2.24, 2.45) is 5.73 Å². The Kier molecular flexibility index (Phi) is 3.12. The molecule has 0 bridgehead atoms. The Hall–Kier alpha value is -1.47. The van der Waals surface area contributed by atoms with Crippen LogP contribution in [0.2, 0.25) is 0 Å². The lowest BCUT2D eigenvalue weighted by Crippen LogP contribution is -2.13. The molecule has 0 radical (unpaired) electrons. The lowest BCUT2D eigenvalue weighted by Gasteiger charge is -2.11. The van der Waals surface area contributed by atoms with Crippen LogP contribution in [0.1, 0.15) is 22.9 Å². The number of nitrogens with two attached hydrogens (primary N) is 1. The minimum Gasteiger partial charge on any atom is -0.319 e. The number of halogens is 3. The maximum atomic E-state index is 12.3. The first-order valence-electron chi connectivity index (χ1n) is 4.68. The van der Waals surface area contributed by atoms with E-state index in [4.69, 9.17) is 5.73 Å². The Morgan fingerprint density at radius 1 is 1.18 bits per heavy atom. The normalized spacial score (nSPS) is 13.6. The number of alkyl halides is 3. The number of benzene rings is 1. The quantitative estimate of drug-likeness (QED) is 0.901. The van der Waals surface area contributed by atoms with Crippen molar-refractivity contribution < 1.29 is 13.2 Å². The Balaban J connectivity index is 2.24. The molecule has 17 heavy (non-hydrogen) atoms. The summed E-state index contributed by atoms with van der Waals surface area (Å²) >= 11 is 1.01. The van der Waals surface area contributed by atoms with Gasteiger partial charge in [-0.2, -0.15) is 21.9 Å². The first-order chi connectivity index (χ1) is 7.98. The van der Waals surface area contributed by atoms with Gasteiger partial charge in [0, 0.05) is 0 Å². The Morgan fingerprint density at radius 2 is 1.82 bits per heavy atom. The molecular weight excluding hydrogens is 251 g/mol. The van der Waals surface area contributed by atoms with Gasteiger partial charge in [-0.3, -0.25) is 0 Å². The molecule has 1 aromatic heterocycles. The topological polar surface area (TPSA) is 51.8 Å². The summed E-state index contributed by atoms with van der Waals surface area (Å²) in [6, 6.07) is 4.18. The van der Waals surface area contributed by atoms with E-state index in [-0.39, 0.29) is 0 Å². The lowest BCUT2D eigenvalue weighted by molar-refractivity contribution is -0.137. The van der Waals surface area contributed by atoms with Crippen LogP contribution in [0.5, 0.6) is 0 Å². The standard InChI is InChI=1S/C10H8F3N3S/c11-10(12,13)7-3-1-6(2-4-7)9(14)8-5-15-17-16-8/h1-5,9H,14H2. The van der Waals surface area contributed by atoms with E-state index in [1.165, 1.54) is 18.3 Å². The molecule has 3 nitrogen and oxygen atoms in total. The van der Waals surface area contributed by atoms with Gasteiger partial charge in [-0.05, 0) is 17.7 Å². The summed E-state index contributed by atoms with van der Waals surface area (Å²) in [5.41, 5.74) is 6.28. The molecule has 1 aromatic carbocycles. The molecule has 90 valence electrons. The molecule has 0 saturated carbocycles. The fourth-order valence-corrected chi connectivity index (χ4v) is 1.82. The van der Waals surface area contributed by atoms with E-state index in [9.17, 15) is 13.2 Å². The van der Waals surface area contributed by atoms with Crippen LogP contribution in [0.4, 0.5) is 13.2 Å². The fraction of sp³-hybridized carbons (Fsp3) is 0.200. The van der Waals surface area contributed by atoms with Gasteiger partial charge in [0.05, 0.1) is 35.2 Å². The zero-order valence-electron chi connectivity index (χ0n) is 8.48. The summed E-state index contributed by atoms with van der Waals surface area (Å²) < 4.78 is 44.8. The first-order valence-corrected chi connectivity index (χ1v) is 5.41. The molecule has 0 aliphatic carbocycles. The van der Waals surface area contributed by atoms with Gasteiger partial charge in [0.1, 0.15) is 0 Å². The van der Waals surface area contributed by atoms with Gasteiger partial charge in [-0.25, -0.2) is 0 Å². The van der Waals surface area contributed by atoms with Crippen LogP contribution in [0.15, 0.2) is 30.5 Å². The highest BCUT2D eigenvalue weighted by Gasteiger charge is 2.30. The molecule has 2 aromatic rings. The predicted molar refractivity (Wildman–Crippen MR) is 57.4 cm³/mol. The van der Waals surface area contributed by atoms with Gasteiger partial charge in [-0.1, -0.05) is 12.1 Å². The number of nitrogens with zero attached hydrogens (tertiary/aromatic N) is 2. The van der Waals surface area contributed by atoms with Crippen LogP contribution in [0.3, 0.4) is 0 Å². The van der Waals surface area contributed by atoms with E-state index in [2.05, 4.69) is 8.75 Å². The Labute approximate surface area is 99.4 Å². The number of rotatable bonds is 2. The molecule has 2 rings (SSSR count). The van der Waals surface area contributed by atoms with E-state index in [1.54, 1.807) is 0 Å². The van der Waals surface area contributed by atoms with Crippen LogP contribution in [0, 0.1) is 0 Å². The van der Waals surface area contributed by atoms with Crippen LogP contribution in [0.25, 0.3) is 0 Å². The minimum atomic E-state index is -4.33. The van der Waals surface area contributed by atoms with E-state index in [0.717, 1.165) is 23.9 Å². The summed E-state index contributed by atoms with van der Waals surface area (Å²) in [4.78, 5) is 0. The van der Waals surface area contributed by atoms with Gasteiger partial charge in [0.25, 0.3) is 0 Å². The molecular formula is C10H8F3N3S. The van der Waals surface area contributed by atoms with Gasteiger partial charge in [0.2, 0.25) is 0 Å². The molecule has 0 fully saturated rings. The molecule has 0 aliphatic heterocycles. The fourth-order valence-electron chi connectivity index (χ4n) is 1.36. The summed E-state index contributed by atoms with van der Waals surface area (Å²) in [7, 11) is 0. The maximum Gasteiger partial charge on any atom is 0.416 e. The van der Waals surface area contributed by atoms with Crippen LogP contribution >= 0.6 is 11.7 Å². The SMILES string of the molecule is NC(c1ccc(C(F)(F)F)cc1)c1cnsn1. The third-order valence-corrected chi connectivity index (χ3v) is 2.79. The smallest absolute Gasteiger partial charge is 0.319 e. The van der Waals surface area contributed by atoms with E-state index < -0.39 is 17.8 Å². The zero-order valence-corrected chi connectivity index (χ0v) is 9.29. The summed E-state index contributed by atoms with van der Waals surface area (Å²) in [5, 5.41) is 0. The summed E-state index contributed by atoms with van der Waals surface area (Å²) in [5.74, 6) is 0. The van der Waals surface area contributed by atoms with Crippen molar-refractivity contribution in [1.29, 1.82) is 0 Å². The van der Waals surface area contributed by atoms with E-state index in [0.29, 0.717) is 11.3 Å². The number of hydrogen-bond donors (Lipinski definition) is 1. The zero-order chi connectivity index (χ0) is 12.5. The maximum absolute atomic E-state index is 12.3.